The molecule has 116 valence electrons. The molecule has 0 aliphatic carbocycles. The Bertz CT molecular complexity index is 628. The number of carbonyl (C=O) groups is 1. The number of carbonyl (C=O) groups excluding carboxylic acids is 1. The van der Waals surface area contributed by atoms with Crippen LogP contribution in [0.4, 0.5) is 11.1 Å². The monoisotopic (exact) mass is 338 g/mol. The highest BCUT2D eigenvalue weighted by Gasteiger charge is 2.22. The minimum Gasteiger partial charge on any atom is -0.374 e. The van der Waals surface area contributed by atoms with Gasteiger partial charge in [0.25, 0.3) is 0 Å². The number of anilines is 2. The van der Waals surface area contributed by atoms with Crippen LogP contribution in [0.15, 0.2) is 17.0 Å². The van der Waals surface area contributed by atoms with Gasteiger partial charge >= 0.3 is 0 Å². The number of hydrogen-bond donors (Lipinski definition) is 1. The molecular formula is C11H14N8OS2. The van der Waals surface area contributed by atoms with E-state index < -0.39 is 0 Å². The summed E-state index contributed by atoms with van der Waals surface area (Å²) in [6.45, 7) is 2.74. The molecule has 2 aromatic rings. The van der Waals surface area contributed by atoms with Gasteiger partial charge in [-0.2, -0.15) is 0 Å². The Labute approximate surface area is 135 Å². The molecule has 0 radical (unpaired) electrons. The third-order valence-electron chi connectivity index (χ3n) is 3.14. The van der Waals surface area contributed by atoms with E-state index in [-0.39, 0.29) is 5.91 Å². The molecule has 3 rings (SSSR count). The first-order chi connectivity index (χ1) is 10.7. The molecule has 0 spiro atoms. The van der Waals surface area contributed by atoms with E-state index in [4.69, 9.17) is 5.73 Å². The molecule has 1 aliphatic rings. The average Bonchev–Trinajstić information content (AvgIpc) is 2.99. The Morgan fingerprint density at radius 2 is 1.95 bits per heavy atom. The van der Waals surface area contributed by atoms with Crippen LogP contribution in [-0.4, -0.2) is 67.9 Å². The molecule has 2 N–H and O–H groups in total. The van der Waals surface area contributed by atoms with Crippen molar-refractivity contribution in [3.8, 4) is 0 Å². The minimum absolute atomic E-state index is 0.0917. The fourth-order valence-corrected chi connectivity index (χ4v) is 3.58. The SMILES string of the molecule is Nc1nnc(SCC(=O)N2CCN(c3ncncn3)CC2)s1. The summed E-state index contributed by atoms with van der Waals surface area (Å²) < 4.78 is 0.717. The van der Waals surface area contributed by atoms with Crippen LogP contribution >= 0.6 is 23.1 Å². The number of thioether (sulfide) groups is 1. The summed E-state index contributed by atoms with van der Waals surface area (Å²) in [6.07, 6.45) is 2.95. The number of piperazine rings is 1. The number of nitrogen functional groups attached to an aromatic ring is 1. The zero-order chi connectivity index (χ0) is 15.4. The summed E-state index contributed by atoms with van der Waals surface area (Å²) in [5.74, 6) is 1.09. The van der Waals surface area contributed by atoms with Crippen molar-refractivity contribution in [2.45, 2.75) is 4.34 Å². The second kappa shape index (κ2) is 6.83. The van der Waals surface area contributed by atoms with Crippen molar-refractivity contribution in [3.05, 3.63) is 12.7 Å². The largest absolute Gasteiger partial charge is 0.374 e. The number of hydrogen-bond acceptors (Lipinski definition) is 10. The highest BCUT2D eigenvalue weighted by molar-refractivity contribution is 8.01. The second-order valence-corrected chi connectivity index (χ2v) is 6.73. The van der Waals surface area contributed by atoms with Crippen LogP contribution in [0.2, 0.25) is 0 Å². The van der Waals surface area contributed by atoms with Crippen LogP contribution in [-0.2, 0) is 4.79 Å². The lowest BCUT2D eigenvalue weighted by Crippen LogP contribution is -2.49. The van der Waals surface area contributed by atoms with Crippen molar-refractivity contribution >= 4 is 40.1 Å². The van der Waals surface area contributed by atoms with E-state index in [9.17, 15) is 4.79 Å². The molecule has 1 saturated heterocycles. The van der Waals surface area contributed by atoms with Crippen LogP contribution in [0, 0.1) is 0 Å². The van der Waals surface area contributed by atoms with Crippen LogP contribution in [0.25, 0.3) is 0 Å². The summed E-state index contributed by atoms with van der Waals surface area (Å²) in [5.41, 5.74) is 5.51. The van der Waals surface area contributed by atoms with E-state index >= 15 is 0 Å². The van der Waals surface area contributed by atoms with Crippen LogP contribution in [0.1, 0.15) is 0 Å². The van der Waals surface area contributed by atoms with Crippen molar-refractivity contribution in [2.24, 2.45) is 0 Å². The van der Waals surface area contributed by atoms with Gasteiger partial charge in [-0.1, -0.05) is 23.1 Å². The molecule has 3 heterocycles. The van der Waals surface area contributed by atoms with Crippen molar-refractivity contribution in [1.82, 2.24) is 30.0 Å². The smallest absolute Gasteiger partial charge is 0.233 e. The number of aromatic nitrogens is 5. The van der Waals surface area contributed by atoms with Gasteiger partial charge in [-0.05, 0) is 0 Å². The predicted octanol–water partition coefficient (Wildman–Crippen LogP) is -0.254. The quantitative estimate of drug-likeness (QED) is 0.753. The van der Waals surface area contributed by atoms with Gasteiger partial charge in [0.2, 0.25) is 17.0 Å². The van der Waals surface area contributed by atoms with Gasteiger partial charge in [0.1, 0.15) is 12.7 Å². The first kappa shape index (κ1) is 14.9. The van der Waals surface area contributed by atoms with E-state index in [0.29, 0.717) is 43.0 Å². The van der Waals surface area contributed by atoms with Gasteiger partial charge in [0, 0.05) is 26.2 Å². The van der Waals surface area contributed by atoms with Gasteiger partial charge in [0.15, 0.2) is 4.34 Å². The summed E-state index contributed by atoms with van der Waals surface area (Å²) in [5, 5.41) is 8.03. The maximum Gasteiger partial charge on any atom is 0.233 e. The van der Waals surface area contributed by atoms with Gasteiger partial charge in [0.05, 0.1) is 5.75 Å². The Morgan fingerprint density at radius 1 is 1.23 bits per heavy atom. The Kier molecular flexibility index (Phi) is 4.63. The highest BCUT2D eigenvalue weighted by Crippen LogP contribution is 2.23. The molecule has 0 aromatic carbocycles. The Hall–Kier alpha value is -2.01. The molecule has 2 aromatic heterocycles. The fourth-order valence-electron chi connectivity index (χ4n) is 2.05. The number of amides is 1. The average molecular weight is 338 g/mol. The second-order valence-electron chi connectivity index (χ2n) is 4.50. The van der Waals surface area contributed by atoms with E-state index in [0.717, 1.165) is 4.34 Å². The lowest BCUT2D eigenvalue weighted by Gasteiger charge is -2.34. The number of nitrogens with zero attached hydrogens (tertiary/aromatic N) is 7. The molecule has 1 aliphatic heterocycles. The molecule has 0 unspecified atom stereocenters. The van der Waals surface area contributed by atoms with Gasteiger partial charge in [-0.15, -0.1) is 10.2 Å². The van der Waals surface area contributed by atoms with Crippen molar-refractivity contribution < 1.29 is 4.79 Å². The van der Waals surface area contributed by atoms with Crippen LogP contribution in [0.5, 0.6) is 0 Å². The molecule has 0 atom stereocenters. The third kappa shape index (κ3) is 3.60. The Balaban J connectivity index is 1.47. The lowest BCUT2D eigenvalue weighted by atomic mass is 10.3. The summed E-state index contributed by atoms with van der Waals surface area (Å²) in [6, 6.07) is 0. The molecule has 0 saturated carbocycles. The van der Waals surface area contributed by atoms with Gasteiger partial charge < -0.3 is 15.5 Å². The highest BCUT2D eigenvalue weighted by atomic mass is 32.2. The summed E-state index contributed by atoms with van der Waals surface area (Å²) >= 11 is 2.66. The number of nitrogens with two attached hydrogens (primary N) is 1. The van der Waals surface area contributed by atoms with Crippen molar-refractivity contribution in [2.75, 3.05) is 42.6 Å². The molecule has 1 amide bonds. The van der Waals surface area contributed by atoms with E-state index in [1.54, 1.807) is 0 Å². The van der Waals surface area contributed by atoms with Gasteiger partial charge in [-0.25, -0.2) is 15.0 Å². The standard InChI is InChI=1S/C11H14N8OS2/c12-9-16-17-11(22-9)21-5-8(20)18-1-3-19(4-2-18)10-14-6-13-7-15-10/h6-7H,1-5H2,(H2,12,16). The molecular weight excluding hydrogens is 324 g/mol. The number of rotatable bonds is 4. The van der Waals surface area contributed by atoms with E-state index in [1.807, 2.05) is 9.80 Å². The molecule has 1 fully saturated rings. The molecule has 9 nitrogen and oxygen atoms in total. The zero-order valence-corrected chi connectivity index (χ0v) is 13.3. The van der Waals surface area contributed by atoms with Gasteiger partial charge in [-0.3, -0.25) is 4.79 Å². The topological polar surface area (TPSA) is 114 Å². The first-order valence-corrected chi connectivity index (χ1v) is 8.39. The van der Waals surface area contributed by atoms with E-state index in [2.05, 4.69) is 25.1 Å². The minimum atomic E-state index is 0.0917. The maximum absolute atomic E-state index is 12.2. The summed E-state index contributed by atoms with van der Waals surface area (Å²) in [4.78, 5) is 28.1. The lowest BCUT2D eigenvalue weighted by molar-refractivity contribution is -0.128. The molecule has 22 heavy (non-hydrogen) atoms. The van der Waals surface area contributed by atoms with Crippen molar-refractivity contribution in [3.63, 3.8) is 0 Å². The third-order valence-corrected chi connectivity index (χ3v) is 5.01. The predicted molar refractivity (Wildman–Crippen MR) is 83.7 cm³/mol. The molecule has 11 heteroatoms. The fraction of sp³-hybridized carbons (Fsp3) is 0.455. The zero-order valence-electron chi connectivity index (χ0n) is 11.6. The molecule has 0 bridgehead atoms. The Morgan fingerprint density at radius 3 is 2.59 bits per heavy atom. The normalized spacial score (nSPS) is 15.1. The van der Waals surface area contributed by atoms with E-state index in [1.165, 1.54) is 35.8 Å². The summed E-state index contributed by atoms with van der Waals surface area (Å²) in [7, 11) is 0. The van der Waals surface area contributed by atoms with Crippen LogP contribution in [0.3, 0.4) is 0 Å². The maximum atomic E-state index is 12.2. The van der Waals surface area contributed by atoms with Crippen LogP contribution < -0.4 is 10.6 Å². The van der Waals surface area contributed by atoms with Crippen molar-refractivity contribution in [1.29, 1.82) is 0 Å². The first-order valence-electron chi connectivity index (χ1n) is 6.59.